The lowest BCUT2D eigenvalue weighted by molar-refractivity contribution is -0.0438. The summed E-state index contributed by atoms with van der Waals surface area (Å²) < 4.78 is 6.58. The van der Waals surface area contributed by atoms with Crippen molar-refractivity contribution in [3.8, 4) is 0 Å². The van der Waals surface area contributed by atoms with Gasteiger partial charge in [-0.15, -0.1) is 0 Å². The molecule has 1 N–H and O–H groups in total. The third-order valence-electron chi connectivity index (χ3n) is 4.17. The van der Waals surface area contributed by atoms with Crippen LogP contribution in [0.5, 0.6) is 0 Å². The molecular formula is C14H19BrN2O2. The highest BCUT2D eigenvalue weighted by atomic mass is 79.9. The number of ether oxygens (including phenoxy) is 1. The Morgan fingerprint density at radius 1 is 1.42 bits per heavy atom. The highest BCUT2D eigenvalue weighted by Crippen LogP contribution is 2.35. The fourth-order valence-electron chi connectivity index (χ4n) is 3.21. The van der Waals surface area contributed by atoms with E-state index in [0.29, 0.717) is 19.3 Å². The lowest BCUT2D eigenvalue weighted by Gasteiger charge is -2.37. The quantitative estimate of drug-likeness (QED) is 0.905. The van der Waals surface area contributed by atoms with Gasteiger partial charge < -0.3 is 14.7 Å². The molecule has 3 heterocycles. The number of rotatable bonds is 2. The van der Waals surface area contributed by atoms with Gasteiger partial charge in [0.2, 0.25) is 0 Å². The molecule has 3 atom stereocenters. The second-order valence-corrected chi connectivity index (χ2v) is 6.16. The summed E-state index contributed by atoms with van der Waals surface area (Å²) in [6.07, 6.45) is 4.58. The molecule has 4 nitrogen and oxygen atoms in total. The maximum atomic E-state index is 10.2. The maximum absolute atomic E-state index is 10.2. The molecule has 5 heteroatoms. The van der Waals surface area contributed by atoms with Gasteiger partial charge in [0, 0.05) is 31.3 Å². The summed E-state index contributed by atoms with van der Waals surface area (Å²) in [5, 5.41) is 10.2. The molecule has 3 rings (SSSR count). The van der Waals surface area contributed by atoms with Crippen molar-refractivity contribution in [1.29, 1.82) is 0 Å². The fraction of sp³-hybridized carbons (Fsp3) is 0.643. The second-order valence-electron chi connectivity index (χ2n) is 5.31. The van der Waals surface area contributed by atoms with Crippen LogP contribution in [0.25, 0.3) is 0 Å². The van der Waals surface area contributed by atoms with Gasteiger partial charge in [-0.3, -0.25) is 0 Å². The first-order valence-electron chi connectivity index (χ1n) is 6.90. The largest absolute Gasteiger partial charge is 0.393 e. The Morgan fingerprint density at radius 3 is 3.11 bits per heavy atom. The van der Waals surface area contributed by atoms with Gasteiger partial charge in [0.05, 0.1) is 17.2 Å². The van der Waals surface area contributed by atoms with E-state index in [2.05, 4.69) is 25.8 Å². The number of halogens is 1. The molecule has 0 saturated carbocycles. The normalized spacial score (nSPS) is 31.7. The molecule has 2 fully saturated rings. The van der Waals surface area contributed by atoms with Gasteiger partial charge in [0.15, 0.2) is 0 Å². The van der Waals surface area contributed by atoms with Crippen LogP contribution in [0.4, 0.5) is 5.82 Å². The molecular weight excluding hydrogens is 308 g/mol. The molecule has 0 aromatic carbocycles. The van der Waals surface area contributed by atoms with Crippen molar-refractivity contribution in [1.82, 2.24) is 4.98 Å². The average molecular weight is 327 g/mol. The topological polar surface area (TPSA) is 45.6 Å². The molecule has 3 unspecified atom stereocenters. The zero-order valence-corrected chi connectivity index (χ0v) is 12.4. The minimum Gasteiger partial charge on any atom is -0.393 e. The molecule has 1 aromatic heterocycles. The summed E-state index contributed by atoms with van der Waals surface area (Å²) >= 11 is 3.58. The van der Waals surface area contributed by atoms with Gasteiger partial charge in [-0.2, -0.15) is 0 Å². The molecule has 0 bridgehead atoms. The van der Waals surface area contributed by atoms with E-state index >= 15 is 0 Å². The van der Waals surface area contributed by atoms with Gasteiger partial charge in [-0.25, -0.2) is 4.98 Å². The molecule has 1 aromatic rings. The second kappa shape index (κ2) is 5.77. The van der Waals surface area contributed by atoms with Crippen LogP contribution in [0.2, 0.25) is 0 Å². The summed E-state index contributed by atoms with van der Waals surface area (Å²) in [6.45, 7) is 2.34. The van der Waals surface area contributed by atoms with Crippen molar-refractivity contribution in [2.75, 3.05) is 24.7 Å². The standard InChI is InChI=1S/C14H19BrN2O2/c15-11-3-1-6-16-14(11)17-7-2-4-12(17)10-9-19-8-5-13(10)18/h1,3,6,10,12-13,18H,2,4-5,7-9H2. The zero-order chi connectivity index (χ0) is 13.2. The number of anilines is 1. The first-order valence-corrected chi connectivity index (χ1v) is 7.69. The van der Waals surface area contributed by atoms with Crippen LogP contribution in [-0.4, -0.2) is 42.0 Å². The number of aromatic nitrogens is 1. The van der Waals surface area contributed by atoms with Crippen molar-refractivity contribution >= 4 is 21.7 Å². The van der Waals surface area contributed by atoms with E-state index in [0.717, 1.165) is 36.1 Å². The van der Waals surface area contributed by atoms with Gasteiger partial charge in [-0.1, -0.05) is 0 Å². The number of hydrogen-bond donors (Lipinski definition) is 1. The summed E-state index contributed by atoms with van der Waals surface area (Å²) in [6, 6.07) is 4.28. The Labute approximate surface area is 121 Å². The lowest BCUT2D eigenvalue weighted by atomic mass is 9.89. The van der Waals surface area contributed by atoms with E-state index < -0.39 is 0 Å². The average Bonchev–Trinajstić information content (AvgIpc) is 2.89. The van der Waals surface area contributed by atoms with Crippen LogP contribution in [0.1, 0.15) is 19.3 Å². The first-order chi connectivity index (χ1) is 9.27. The lowest BCUT2D eigenvalue weighted by Crippen LogP contribution is -2.46. The number of hydrogen-bond acceptors (Lipinski definition) is 4. The smallest absolute Gasteiger partial charge is 0.143 e. The van der Waals surface area contributed by atoms with E-state index in [1.165, 1.54) is 0 Å². The van der Waals surface area contributed by atoms with Crippen LogP contribution >= 0.6 is 15.9 Å². The summed E-state index contributed by atoms with van der Waals surface area (Å²) in [4.78, 5) is 6.81. The molecule has 104 valence electrons. The summed E-state index contributed by atoms with van der Waals surface area (Å²) in [5.41, 5.74) is 0. The van der Waals surface area contributed by atoms with Gasteiger partial charge in [0.25, 0.3) is 0 Å². The predicted molar refractivity (Wildman–Crippen MR) is 77.2 cm³/mol. The van der Waals surface area contributed by atoms with Crippen molar-refractivity contribution in [2.45, 2.75) is 31.4 Å². The Hall–Kier alpha value is -0.650. The van der Waals surface area contributed by atoms with Crippen molar-refractivity contribution in [3.63, 3.8) is 0 Å². The number of pyridine rings is 1. The first kappa shape index (κ1) is 13.3. The molecule has 0 radical (unpaired) electrons. The third kappa shape index (κ3) is 2.64. The minimum atomic E-state index is -0.248. The summed E-state index contributed by atoms with van der Waals surface area (Å²) in [7, 11) is 0. The highest BCUT2D eigenvalue weighted by Gasteiger charge is 2.38. The monoisotopic (exact) mass is 326 g/mol. The maximum Gasteiger partial charge on any atom is 0.143 e. The van der Waals surface area contributed by atoms with Crippen LogP contribution in [0.15, 0.2) is 22.8 Å². The Kier molecular flexibility index (Phi) is 4.05. The molecule has 19 heavy (non-hydrogen) atoms. The number of aliphatic hydroxyl groups excluding tert-OH is 1. The molecule has 0 aliphatic carbocycles. The zero-order valence-electron chi connectivity index (χ0n) is 10.8. The minimum absolute atomic E-state index is 0.199. The van der Waals surface area contributed by atoms with Gasteiger partial charge in [0.1, 0.15) is 5.82 Å². The molecule has 2 saturated heterocycles. The van der Waals surface area contributed by atoms with E-state index in [4.69, 9.17) is 4.74 Å². The molecule has 2 aliphatic heterocycles. The van der Waals surface area contributed by atoms with Gasteiger partial charge >= 0.3 is 0 Å². The van der Waals surface area contributed by atoms with Crippen LogP contribution in [0, 0.1) is 5.92 Å². The Morgan fingerprint density at radius 2 is 2.32 bits per heavy atom. The molecule has 0 amide bonds. The Bertz CT molecular complexity index is 443. The predicted octanol–water partition coefficient (Wildman–Crippen LogP) is 2.21. The van der Waals surface area contributed by atoms with Crippen LogP contribution in [-0.2, 0) is 4.74 Å². The fourth-order valence-corrected chi connectivity index (χ4v) is 3.69. The molecule has 0 spiro atoms. The van der Waals surface area contributed by atoms with Crippen molar-refractivity contribution in [3.05, 3.63) is 22.8 Å². The van der Waals surface area contributed by atoms with E-state index in [9.17, 15) is 5.11 Å². The van der Waals surface area contributed by atoms with Crippen molar-refractivity contribution in [2.24, 2.45) is 5.92 Å². The highest BCUT2D eigenvalue weighted by molar-refractivity contribution is 9.10. The van der Waals surface area contributed by atoms with E-state index in [1.54, 1.807) is 0 Å². The van der Waals surface area contributed by atoms with Crippen molar-refractivity contribution < 1.29 is 9.84 Å². The Balaban J connectivity index is 1.83. The van der Waals surface area contributed by atoms with E-state index in [1.807, 2.05) is 18.3 Å². The number of nitrogens with zero attached hydrogens (tertiary/aromatic N) is 2. The summed E-state index contributed by atoms with van der Waals surface area (Å²) in [5.74, 6) is 1.19. The van der Waals surface area contributed by atoms with E-state index in [-0.39, 0.29) is 12.0 Å². The third-order valence-corrected chi connectivity index (χ3v) is 4.79. The molecule has 2 aliphatic rings. The van der Waals surface area contributed by atoms with Gasteiger partial charge in [-0.05, 0) is 47.3 Å². The number of aliphatic hydroxyl groups is 1. The van der Waals surface area contributed by atoms with Crippen LogP contribution in [0.3, 0.4) is 0 Å². The van der Waals surface area contributed by atoms with Crippen LogP contribution < -0.4 is 4.90 Å². The SMILES string of the molecule is OC1CCOCC1C1CCCN1c1ncccc1Br.